The van der Waals surface area contributed by atoms with E-state index in [2.05, 4.69) is 29.7 Å². The maximum absolute atomic E-state index is 5.89. The van der Waals surface area contributed by atoms with Gasteiger partial charge < -0.3 is 9.64 Å². The van der Waals surface area contributed by atoms with E-state index < -0.39 is 0 Å². The predicted octanol–water partition coefficient (Wildman–Crippen LogP) is 3.67. The highest BCUT2D eigenvalue weighted by Gasteiger charge is 2.10. The lowest BCUT2D eigenvalue weighted by atomic mass is 10.1. The molecule has 1 aliphatic rings. The third kappa shape index (κ3) is 4.71. The first-order valence-electron chi connectivity index (χ1n) is 7.44. The number of benzene rings is 1. The summed E-state index contributed by atoms with van der Waals surface area (Å²) in [5, 5.41) is 0. The lowest BCUT2D eigenvalue weighted by Gasteiger charge is -2.14. The molecule has 19 heavy (non-hydrogen) atoms. The maximum Gasteiger partial charge on any atom is 0.122 e. The molecule has 0 radical (unpaired) electrons. The van der Waals surface area contributed by atoms with Gasteiger partial charge in [-0.2, -0.15) is 0 Å². The summed E-state index contributed by atoms with van der Waals surface area (Å²) < 4.78 is 5.89. The molecule has 1 aromatic rings. The fraction of sp³-hybridized carbons (Fsp3) is 0.529. The molecule has 0 aliphatic carbocycles. The van der Waals surface area contributed by atoms with Crippen molar-refractivity contribution in [3.63, 3.8) is 0 Å². The normalized spacial score (nSPS) is 15.6. The van der Waals surface area contributed by atoms with Crippen LogP contribution in [-0.2, 0) is 6.42 Å². The first kappa shape index (κ1) is 14.1. The summed E-state index contributed by atoms with van der Waals surface area (Å²) in [6.07, 6.45) is 7.94. The molecule has 0 unspecified atom stereocenters. The summed E-state index contributed by atoms with van der Waals surface area (Å²) in [4.78, 5) is 2.56. The lowest BCUT2D eigenvalue weighted by molar-refractivity contribution is 0.278. The van der Waals surface area contributed by atoms with Crippen LogP contribution in [-0.4, -0.2) is 31.1 Å². The highest BCUT2D eigenvalue weighted by molar-refractivity contribution is 5.34. The van der Waals surface area contributed by atoms with Crippen molar-refractivity contribution < 1.29 is 4.74 Å². The van der Waals surface area contributed by atoms with Crippen molar-refractivity contribution >= 4 is 0 Å². The van der Waals surface area contributed by atoms with Crippen LogP contribution < -0.4 is 4.74 Å². The van der Waals surface area contributed by atoms with Crippen LogP contribution in [0.5, 0.6) is 5.75 Å². The predicted molar refractivity (Wildman–Crippen MR) is 80.7 cm³/mol. The second-order valence-corrected chi connectivity index (χ2v) is 5.20. The third-order valence-corrected chi connectivity index (χ3v) is 3.66. The van der Waals surface area contributed by atoms with Crippen molar-refractivity contribution in [2.75, 3.05) is 26.2 Å². The molecule has 1 aromatic carbocycles. The Hall–Kier alpha value is -1.28. The molecule has 2 heteroatoms. The molecule has 1 fully saturated rings. The van der Waals surface area contributed by atoms with Gasteiger partial charge in [0.25, 0.3) is 0 Å². The van der Waals surface area contributed by atoms with Gasteiger partial charge in [-0.25, -0.2) is 0 Å². The number of para-hydroxylation sites is 1. The second-order valence-electron chi connectivity index (χ2n) is 5.20. The van der Waals surface area contributed by atoms with Crippen LogP contribution in [0.15, 0.2) is 36.9 Å². The molecule has 2 nitrogen and oxygen atoms in total. The van der Waals surface area contributed by atoms with E-state index in [0.29, 0.717) is 0 Å². The van der Waals surface area contributed by atoms with E-state index in [1.54, 1.807) is 0 Å². The third-order valence-electron chi connectivity index (χ3n) is 3.66. The van der Waals surface area contributed by atoms with Gasteiger partial charge in [0.2, 0.25) is 0 Å². The maximum atomic E-state index is 5.89. The summed E-state index contributed by atoms with van der Waals surface area (Å²) in [6.45, 7) is 8.43. The fourth-order valence-corrected chi connectivity index (χ4v) is 2.59. The molecule has 0 saturated carbocycles. The molecule has 0 spiro atoms. The summed E-state index contributed by atoms with van der Waals surface area (Å²) in [7, 11) is 0. The molecule has 2 rings (SSSR count). The number of rotatable bonds is 8. The number of allylic oxidation sites excluding steroid dienone is 1. The molecule has 1 aliphatic heterocycles. The molecule has 0 aromatic heterocycles. The van der Waals surface area contributed by atoms with Crippen LogP contribution in [0.25, 0.3) is 0 Å². The van der Waals surface area contributed by atoms with E-state index in [0.717, 1.165) is 25.2 Å². The van der Waals surface area contributed by atoms with Crippen molar-refractivity contribution in [2.45, 2.75) is 32.1 Å². The first-order valence-corrected chi connectivity index (χ1v) is 7.44. The van der Waals surface area contributed by atoms with E-state index in [1.165, 1.54) is 44.5 Å². The molecule has 0 N–H and O–H groups in total. The standard InChI is InChI=1S/C17H25NO/c1-2-9-16-10-3-4-11-17(16)19-15-8-7-14-18-12-5-6-13-18/h2-4,10-11H,1,5-9,12-15H2. The molecular weight excluding hydrogens is 234 g/mol. The Bertz CT molecular complexity index is 383. The van der Waals surface area contributed by atoms with Crippen LogP contribution in [0.3, 0.4) is 0 Å². The zero-order chi connectivity index (χ0) is 13.3. The van der Waals surface area contributed by atoms with Crippen LogP contribution >= 0.6 is 0 Å². The smallest absolute Gasteiger partial charge is 0.122 e. The number of nitrogens with zero attached hydrogens (tertiary/aromatic N) is 1. The van der Waals surface area contributed by atoms with Gasteiger partial charge in [0, 0.05) is 0 Å². The van der Waals surface area contributed by atoms with Crippen molar-refractivity contribution in [3.8, 4) is 5.75 Å². The van der Waals surface area contributed by atoms with Crippen molar-refractivity contribution in [1.29, 1.82) is 0 Å². The molecule has 0 bridgehead atoms. The Morgan fingerprint density at radius 2 is 1.95 bits per heavy atom. The van der Waals surface area contributed by atoms with E-state index in [1.807, 2.05) is 12.1 Å². The summed E-state index contributed by atoms with van der Waals surface area (Å²) in [5.74, 6) is 1.02. The van der Waals surface area contributed by atoms with Gasteiger partial charge in [-0.05, 0) is 63.4 Å². The highest BCUT2D eigenvalue weighted by Crippen LogP contribution is 2.19. The largest absolute Gasteiger partial charge is 0.493 e. The highest BCUT2D eigenvalue weighted by atomic mass is 16.5. The average Bonchev–Trinajstić information content (AvgIpc) is 2.94. The Morgan fingerprint density at radius 3 is 2.74 bits per heavy atom. The average molecular weight is 259 g/mol. The summed E-state index contributed by atoms with van der Waals surface area (Å²) >= 11 is 0. The van der Waals surface area contributed by atoms with Gasteiger partial charge >= 0.3 is 0 Å². The van der Waals surface area contributed by atoms with Crippen LogP contribution in [0.4, 0.5) is 0 Å². The van der Waals surface area contributed by atoms with Crippen LogP contribution in [0.2, 0.25) is 0 Å². The number of ether oxygens (including phenoxy) is 1. The molecule has 0 amide bonds. The monoisotopic (exact) mass is 259 g/mol. The second kappa shape index (κ2) is 8.00. The fourth-order valence-electron chi connectivity index (χ4n) is 2.59. The molecule has 104 valence electrons. The van der Waals surface area contributed by atoms with E-state index in [4.69, 9.17) is 4.74 Å². The summed E-state index contributed by atoms with van der Waals surface area (Å²) in [6, 6.07) is 8.26. The minimum absolute atomic E-state index is 0.821. The van der Waals surface area contributed by atoms with Gasteiger partial charge in [-0.1, -0.05) is 24.3 Å². The molecule has 1 saturated heterocycles. The quantitative estimate of drug-likeness (QED) is 0.522. The van der Waals surface area contributed by atoms with Crippen molar-refractivity contribution in [3.05, 3.63) is 42.5 Å². The number of hydrogen-bond donors (Lipinski definition) is 0. The number of likely N-dealkylation sites (tertiary alicyclic amines) is 1. The Balaban J connectivity index is 1.65. The SMILES string of the molecule is C=CCc1ccccc1OCCCCN1CCCC1. The Kier molecular flexibility index (Phi) is 5.96. The molecular formula is C17H25NO. The van der Waals surface area contributed by atoms with E-state index >= 15 is 0 Å². The molecule has 0 atom stereocenters. The van der Waals surface area contributed by atoms with Gasteiger partial charge in [-0.15, -0.1) is 6.58 Å². The minimum atomic E-state index is 0.821. The molecule has 1 heterocycles. The minimum Gasteiger partial charge on any atom is -0.493 e. The van der Waals surface area contributed by atoms with Gasteiger partial charge in [0.05, 0.1) is 6.61 Å². The first-order chi connectivity index (χ1) is 9.40. The van der Waals surface area contributed by atoms with Crippen LogP contribution in [0, 0.1) is 0 Å². The lowest BCUT2D eigenvalue weighted by Crippen LogP contribution is -2.20. The van der Waals surface area contributed by atoms with E-state index in [-0.39, 0.29) is 0 Å². The van der Waals surface area contributed by atoms with Gasteiger partial charge in [0.1, 0.15) is 5.75 Å². The topological polar surface area (TPSA) is 12.5 Å². The summed E-state index contributed by atoms with van der Waals surface area (Å²) in [5.41, 5.74) is 1.23. The van der Waals surface area contributed by atoms with Gasteiger partial charge in [0.15, 0.2) is 0 Å². The van der Waals surface area contributed by atoms with Crippen molar-refractivity contribution in [1.82, 2.24) is 4.90 Å². The number of unbranched alkanes of at least 4 members (excludes halogenated alkanes) is 1. The van der Waals surface area contributed by atoms with Crippen molar-refractivity contribution in [2.24, 2.45) is 0 Å². The zero-order valence-corrected chi connectivity index (χ0v) is 11.8. The van der Waals surface area contributed by atoms with Crippen LogP contribution in [0.1, 0.15) is 31.2 Å². The Morgan fingerprint density at radius 1 is 1.16 bits per heavy atom. The zero-order valence-electron chi connectivity index (χ0n) is 11.8. The number of hydrogen-bond acceptors (Lipinski definition) is 2. The van der Waals surface area contributed by atoms with Gasteiger partial charge in [-0.3, -0.25) is 0 Å². The van der Waals surface area contributed by atoms with E-state index in [9.17, 15) is 0 Å². The Labute approximate surface area is 117 Å².